The molecule has 3 rings (SSSR count). The van der Waals surface area contributed by atoms with Crippen LogP contribution >= 0.6 is 11.3 Å². The number of thiophene rings is 1. The fraction of sp³-hybridized carbons (Fsp3) is 0. The Kier molecular flexibility index (Phi) is 3.02. The van der Waals surface area contributed by atoms with Crippen molar-refractivity contribution >= 4 is 34.3 Å². The van der Waals surface area contributed by atoms with Crippen molar-refractivity contribution in [3.8, 4) is 0 Å². The molecule has 0 spiro atoms. The lowest BCUT2D eigenvalue weighted by molar-refractivity contribution is 1.27. The molecule has 0 saturated heterocycles. The molecule has 0 bridgehead atoms. The number of hydrogen-bond acceptors (Lipinski definition) is 4. The average Bonchev–Trinajstić information content (AvgIpc) is 2.92. The minimum atomic E-state index is 0.751. The molecule has 4 heteroatoms. The second-order valence-electron chi connectivity index (χ2n) is 3.77. The molecule has 0 aliphatic rings. The number of fused-ring (bicyclic) bond motifs is 1. The molecule has 2 heterocycles. The Balaban J connectivity index is 1.78. The van der Waals surface area contributed by atoms with Crippen LogP contribution in [-0.4, -0.2) is 11.2 Å². The van der Waals surface area contributed by atoms with Crippen molar-refractivity contribution in [2.45, 2.75) is 0 Å². The molecule has 0 amide bonds. The van der Waals surface area contributed by atoms with E-state index >= 15 is 0 Å². The molecule has 0 radical (unpaired) electrons. The molecule has 1 aromatic carbocycles. The Labute approximate surface area is 109 Å². The van der Waals surface area contributed by atoms with Gasteiger partial charge in [-0.25, -0.2) is 4.98 Å². The summed E-state index contributed by atoms with van der Waals surface area (Å²) in [6, 6.07) is 16.0. The van der Waals surface area contributed by atoms with E-state index < -0.39 is 0 Å². The number of hydrogen-bond donors (Lipinski definition) is 1. The van der Waals surface area contributed by atoms with Gasteiger partial charge in [-0.1, -0.05) is 24.3 Å². The predicted octanol–water partition coefficient (Wildman–Crippen LogP) is 3.74. The van der Waals surface area contributed by atoms with E-state index in [0.29, 0.717) is 0 Å². The molecule has 0 aliphatic carbocycles. The highest BCUT2D eigenvalue weighted by molar-refractivity contribution is 7.11. The standard InChI is InChI=1S/C14H11N3S/c1-2-6-13-11(4-1)7-8-14(16-13)17-15-10-12-5-3-9-18-12/h1-10H,(H,16,17). The van der Waals surface area contributed by atoms with E-state index in [0.717, 1.165) is 21.6 Å². The molecule has 0 saturated carbocycles. The van der Waals surface area contributed by atoms with E-state index in [-0.39, 0.29) is 0 Å². The van der Waals surface area contributed by atoms with Crippen molar-refractivity contribution < 1.29 is 0 Å². The minimum Gasteiger partial charge on any atom is -0.261 e. The fourth-order valence-corrected chi connectivity index (χ4v) is 2.24. The van der Waals surface area contributed by atoms with Gasteiger partial charge in [-0.2, -0.15) is 5.10 Å². The second kappa shape index (κ2) is 4.98. The highest BCUT2D eigenvalue weighted by Gasteiger charge is 1.95. The summed E-state index contributed by atoms with van der Waals surface area (Å²) in [5, 5.41) is 7.32. The van der Waals surface area contributed by atoms with Crippen LogP contribution in [0.2, 0.25) is 0 Å². The lowest BCUT2D eigenvalue weighted by Gasteiger charge is -2.01. The van der Waals surface area contributed by atoms with Crippen molar-refractivity contribution in [1.29, 1.82) is 0 Å². The van der Waals surface area contributed by atoms with Crippen LogP contribution in [0.5, 0.6) is 0 Å². The van der Waals surface area contributed by atoms with Crippen LogP contribution in [0.4, 0.5) is 5.82 Å². The molecule has 2 aromatic heterocycles. The van der Waals surface area contributed by atoms with Crippen LogP contribution in [0.1, 0.15) is 4.88 Å². The number of rotatable bonds is 3. The third kappa shape index (κ3) is 2.38. The van der Waals surface area contributed by atoms with E-state index in [4.69, 9.17) is 0 Å². The molecule has 3 aromatic rings. The number of hydrazone groups is 1. The van der Waals surface area contributed by atoms with Crippen molar-refractivity contribution in [3.05, 3.63) is 58.8 Å². The topological polar surface area (TPSA) is 37.3 Å². The Morgan fingerprint density at radius 3 is 2.89 bits per heavy atom. The molecular formula is C14H11N3S. The Hall–Kier alpha value is -2.20. The van der Waals surface area contributed by atoms with Gasteiger partial charge in [0.05, 0.1) is 11.7 Å². The number of nitrogens with zero attached hydrogens (tertiary/aromatic N) is 2. The van der Waals surface area contributed by atoms with Crippen LogP contribution < -0.4 is 5.43 Å². The van der Waals surface area contributed by atoms with Gasteiger partial charge in [-0.15, -0.1) is 11.3 Å². The molecule has 0 fully saturated rings. The van der Waals surface area contributed by atoms with Crippen molar-refractivity contribution in [2.75, 3.05) is 5.43 Å². The molecule has 0 atom stereocenters. The number of para-hydroxylation sites is 1. The summed E-state index contributed by atoms with van der Waals surface area (Å²) >= 11 is 1.65. The largest absolute Gasteiger partial charge is 0.261 e. The SMILES string of the molecule is C(=NNc1ccc2ccccc2n1)c1cccs1. The molecule has 3 nitrogen and oxygen atoms in total. The van der Waals surface area contributed by atoms with Gasteiger partial charge < -0.3 is 0 Å². The van der Waals surface area contributed by atoms with Gasteiger partial charge in [-0.05, 0) is 29.6 Å². The average molecular weight is 253 g/mol. The summed E-state index contributed by atoms with van der Waals surface area (Å²) in [7, 11) is 0. The highest BCUT2D eigenvalue weighted by atomic mass is 32.1. The third-order valence-electron chi connectivity index (χ3n) is 2.51. The van der Waals surface area contributed by atoms with E-state index in [1.165, 1.54) is 0 Å². The van der Waals surface area contributed by atoms with Gasteiger partial charge in [0.25, 0.3) is 0 Å². The van der Waals surface area contributed by atoms with E-state index in [9.17, 15) is 0 Å². The van der Waals surface area contributed by atoms with Gasteiger partial charge >= 0.3 is 0 Å². The summed E-state index contributed by atoms with van der Waals surface area (Å²) in [5.74, 6) is 0.751. The van der Waals surface area contributed by atoms with Crippen LogP contribution in [0.15, 0.2) is 59.0 Å². The number of pyridine rings is 1. The third-order valence-corrected chi connectivity index (χ3v) is 3.32. The van der Waals surface area contributed by atoms with Gasteiger partial charge in [0.15, 0.2) is 0 Å². The Bertz CT molecular complexity index is 674. The summed E-state index contributed by atoms with van der Waals surface area (Å²) in [6.07, 6.45) is 1.79. The van der Waals surface area contributed by atoms with Crippen LogP contribution in [0, 0.1) is 0 Å². The molecule has 88 valence electrons. The zero-order chi connectivity index (χ0) is 12.2. The Morgan fingerprint density at radius 2 is 2.00 bits per heavy atom. The van der Waals surface area contributed by atoms with E-state index in [1.54, 1.807) is 17.6 Å². The first-order chi connectivity index (χ1) is 8.92. The predicted molar refractivity (Wildman–Crippen MR) is 77.3 cm³/mol. The summed E-state index contributed by atoms with van der Waals surface area (Å²) < 4.78 is 0. The van der Waals surface area contributed by atoms with Gasteiger partial charge in [0.2, 0.25) is 0 Å². The van der Waals surface area contributed by atoms with Crippen molar-refractivity contribution in [2.24, 2.45) is 5.10 Å². The van der Waals surface area contributed by atoms with E-state index in [2.05, 4.69) is 15.5 Å². The maximum atomic E-state index is 4.47. The lowest BCUT2D eigenvalue weighted by atomic mass is 10.2. The molecular weight excluding hydrogens is 242 g/mol. The minimum absolute atomic E-state index is 0.751. The Morgan fingerprint density at radius 1 is 1.06 bits per heavy atom. The highest BCUT2D eigenvalue weighted by Crippen LogP contribution is 2.14. The maximum Gasteiger partial charge on any atom is 0.146 e. The van der Waals surface area contributed by atoms with Gasteiger partial charge in [-0.3, -0.25) is 5.43 Å². The van der Waals surface area contributed by atoms with E-state index in [1.807, 2.05) is 53.9 Å². The lowest BCUT2D eigenvalue weighted by Crippen LogP contribution is -1.92. The van der Waals surface area contributed by atoms with Crippen LogP contribution in [0.3, 0.4) is 0 Å². The zero-order valence-corrected chi connectivity index (χ0v) is 10.4. The maximum absolute atomic E-state index is 4.47. The number of aromatic nitrogens is 1. The van der Waals surface area contributed by atoms with Gasteiger partial charge in [0, 0.05) is 10.3 Å². The first-order valence-electron chi connectivity index (χ1n) is 5.60. The number of anilines is 1. The summed E-state index contributed by atoms with van der Waals surface area (Å²) in [5.41, 5.74) is 3.91. The molecule has 0 aliphatic heterocycles. The zero-order valence-electron chi connectivity index (χ0n) is 9.58. The monoisotopic (exact) mass is 253 g/mol. The first kappa shape index (κ1) is 10.9. The van der Waals surface area contributed by atoms with Crippen molar-refractivity contribution in [3.63, 3.8) is 0 Å². The smallest absolute Gasteiger partial charge is 0.146 e. The molecule has 0 unspecified atom stereocenters. The van der Waals surface area contributed by atoms with Crippen LogP contribution in [-0.2, 0) is 0 Å². The summed E-state index contributed by atoms with van der Waals surface area (Å²) in [4.78, 5) is 5.59. The first-order valence-corrected chi connectivity index (χ1v) is 6.48. The molecule has 18 heavy (non-hydrogen) atoms. The quantitative estimate of drug-likeness (QED) is 0.570. The normalized spacial score (nSPS) is 11.1. The van der Waals surface area contributed by atoms with Crippen molar-refractivity contribution in [1.82, 2.24) is 4.98 Å². The number of nitrogens with one attached hydrogen (secondary N) is 1. The van der Waals surface area contributed by atoms with Gasteiger partial charge in [0.1, 0.15) is 5.82 Å². The fourth-order valence-electron chi connectivity index (χ4n) is 1.66. The molecule has 1 N–H and O–H groups in total. The van der Waals surface area contributed by atoms with Crippen LogP contribution in [0.25, 0.3) is 10.9 Å². The second-order valence-corrected chi connectivity index (χ2v) is 4.75. The summed E-state index contributed by atoms with van der Waals surface area (Å²) in [6.45, 7) is 0. The number of benzene rings is 1.